The van der Waals surface area contributed by atoms with Gasteiger partial charge in [0.05, 0.1) is 19.7 Å². The number of carbonyl (C=O) groups excluding carboxylic acids is 2. The van der Waals surface area contributed by atoms with Crippen LogP contribution in [-0.4, -0.2) is 46.6 Å². The molecule has 4 aromatic rings. The lowest BCUT2D eigenvalue weighted by Gasteiger charge is -2.34. The van der Waals surface area contributed by atoms with Gasteiger partial charge < -0.3 is 14.8 Å². The number of methoxy groups -OCH3 is 2. The van der Waals surface area contributed by atoms with Crippen molar-refractivity contribution in [2.45, 2.75) is 45.3 Å². The van der Waals surface area contributed by atoms with E-state index >= 15 is 0 Å². The summed E-state index contributed by atoms with van der Waals surface area (Å²) < 4.78 is 12.3. The normalized spacial score (nSPS) is 12.1. The van der Waals surface area contributed by atoms with E-state index in [0.717, 1.165) is 5.52 Å². The van der Waals surface area contributed by atoms with Gasteiger partial charge in [-0.1, -0.05) is 36.4 Å². The standard InChI is InChI=1S/C29H33N5O4/c1-6-29(2,3)30-28(36)27(20-10-9-11-23(18-20)38-5)34(21-14-16-22(37-4)17-15-21)26(35)19-33-25-13-8-7-12-24(25)31-32-33/h7-18,27H,6,19H2,1-5H3,(H,30,36). The van der Waals surface area contributed by atoms with Crippen molar-refractivity contribution in [3.8, 4) is 11.5 Å². The molecule has 9 heteroatoms. The van der Waals surface area contributed by atoms with Crippen molar-refractivity contribution in [1.82, 2.24) is 20.3 Å². The van der Waals surface area contributed by atoms with Crippen molar-refractivity contribution in [3.63, 3.8) is 0 Å². The van der Waals surface area contributed by atoms with Crippen LogP contribution in [0.25, 0.3) is 11.0 Å². The first-order valence-corrected chi connectivity index (χ1v) is 12.5. The Labute approximate surface area is 222 Å². The number of para-hydroxylation sites is 1. The Bertz CT molecular complexity index is 1410. The van der Waals surface area contributed by atoms with Crippen LogP contribution in [0.1, 0.15) is 38.8 Å². The average Bonchev–Trinajstić information content (AvgIpc) is 3.34. The third-order valence-electron chi connectivity index (χ3n) is 6.59. The van der Waals surface area contributed by atoms with Crippen LogP contribution in [0.2, 0.25) is 0 Å². The van der Waals surface area contributed by atoms with E-state index in [2.05, 4.69) is 15.6 Å². The molecule has 1 N–H and O–H groups in total. The second-order valence-electron chi connectivity index (χ2n) is 9.60. The number of fused-ring (bicyclic) bond motifs is 1. The number of aromatic nitrogens is 3. The lowest BCUT2D eigenvalue weighted by Crippen LogP contribution is -2.51. The number of nitrogens with one attached hydrogen (secondary N) is 1. The number of hydrogen-bond acceptors (Lipinski definition) is 6. The monoisotopic (exact) mass is 515 g/mol. The maximum absolute atomic E-state index is 14.1. The predicted molar refractivity (Wildman–Crippen MR) is 146 cm³/mol. The minimum atomic E-state index is -0.980. The van der Waals surface area contributed by atoms with Crippen molar-refractivity contribution >= 4 is 28.5 Å². The summed E-state index contributed by atoms with van der Waals surface area (Å²) >= 11 is 0. The highest BCUT2D eigenvalue weighted by molar-refractivity contribution is 6.01. The highest BCUT2D eigenvalue weighted by Gasteiger charge is 2.35. The Morgan fingerprint density at radius 3 is 2.37 bits per heavy atom. The predicted octanol–water partition coefficient (Wildman–Crippen LogP) is 4.53. The first kappa shape index (κ1) is 26.7. The number of benzene rings is 3. The fourth-order valence-corrected chi connectivity index (χ4v) is 4.14. The Hall–Kier alpha value is -4.40. The van der Waals surface area contributed by atoms with Gasteiger partial charge in [0.2, 0.25) is 11.8 Å². The quantitative estimate of drug-likeness (QED) is 0.333. The number of nitrogens with zero attached hydrogens (tertiary/aromatic N) is 4. The van der Waals surface area contributed by atoms with Crippen LogP contribution in [0.3, 0.4) is 0 Å². The molecule has 0 aliphatic rings. The van der Waals surface area contributed by atoms with Gasteiger partial charge in [0.1, 0.15) is 29.6 Å². The zero-order valence-corrected chi connectivity index (χ0v) is 22.3. The topological polar surface area (TPSA) is 98.6 Å². The molecule has 3 aromatic carbocycles. The number of ether oxygens (including phenoxy) is 2. The molecule has 1 unspecified atom stereocenters. The third-order valence-corrected chi connectivity index (χ3v) is 6.59. The largest absolute Gasteiger partial charge is 0.497 e. The minimum absolute atomic E-state index is 0.114. The van der Waals surface area contributed by atoms with Crippen molar-refractivity contribution in [2.24, 2.45) is 0 Å². The Kier molecular flexibility index (Phi) is 7.95. The van der Waals surface area contributed by atoms with Crippen LogP contribution in [0, 0.1) is 0 Å². The number of hydrogen-bond donors (Lipinski definition) is 1. The van der Waals surface area contributed by atoms with Crippen molar-refractivity contribution < 1.29 is 19.1 Å². The van der Waals surface area contributed by atoms with Gasteiger partial charge in [-0.25, -0.2) is 4.68 Å². The summed E-state index contributed by atoms with van der Waals surface area (Å²) in [5, 5.41) is 11.5. The smallest absolute Gasteiger partial charge is 0.249 e. The Morgan fingerprint density at radius 1 is 0.974 bits per heavy atom. The van der Waals surface area contributed by atoms with Crippen molar-refractivity contribution in [1.29, 1.82) is 0 Å². The van der Waals surface area contributed by atoms with Crippen LogP contribution >= 0.6 is 0 Å². The van der Waals surface area contributed by atoms with E-state index in [4.69, 9.17) is 9.47 Å². The van der Waals surface area contributed by atoms with Gasteiger partial charge >= 0.3 is 0 Å². The van der Waals surface area contributed by atoms with Gasteiger partial charge in [-0.15, -0.1) is 5.10 Å². The molecular weight excluding hydrogens is 482 g/mol. The lowest BCUT2D eigenvalue weighted by molar-refractivity contribution is -0.128. The van der Waals surface area contributed by atoms with Gasteiger partial charge in [-0.05, 0) is 74.4 Å². The lowest BCUT2D eigenvalue weighted by atomic mass is 9.98. The van der Waals surface area contributed by atoms with E-state index in [-0.39, 0.29) is 18.4 Å². The first-order valence-electron chi connectivity index (χ1n) is 12.5. The highest BCUT2D eigenvalue weighted by atomic mass is 16.5. The fourth-order valence-electron chi connectivity index (χ4n) is 4.14. The molecule has 0 fully saturated rings. The van der Waals surface area contributed by atoms with Crippen molar-refractivity contribution in [2.75, 3.05) is 19.1 Å². The zero-order valence-electron chi connectivity index (χ0n) is 22.3. The molecule has 0 aliphatic heterocycles. The fraction of sp³-hybridized carbons (Fsp3) is 0.310. The van der Waals surface area contributed by atoms with E-state index < -0.39 is 11.6 Å². The van der Waals surface area contributed by atoms with E-state index in [9.17, 15) is 9.59 Å². The molecule has 198 valence electrons. The van der Waals surface area contributed by atoms with Gasteiger partial charge in [0.15, 0.2) is 0 Å². The Balaban J connectivity index is 1.83. The number of anilines is 1. The zero-order chi connectivity index (χ0) is 27.3. The molecule has 0 bridgehead atoms. The van der Waals surface area contributed by atoms with Crippen LogP contribution in [-0.2, 0) is 16.1 Å². The maximum Gasteiger partial charge on any atom is 0.249 e. The molecule has 2 amide bonds. The maximum atomic E-state index is 14.1. The van der Waals surface area contributed by atoms with Gasteiger partial charge in [0, 0.05) is 11.2 Å². The van der Waals surface area contributed by atoms with Crippen LogP contribution in [0.4, 0.5) is 5.69 Å². The van der Waals surface area contributed by atoms with Crippen LogP contribution < -0.4 is 19.7 Å². The van der Waals surface area contributed by atoms with E-state index in [1.54, 1.807) is 61.4 Å². The molecule has 0 radical (unpaired) electrons. The Morgan fingerprint density at radius 2 is 1.68 bits per heavy atom. The number of carbonyl (C=O) groups is 2. The van der Waals surface area contributed by atoms with Crippen LogP contribution in [0.5, 0.6) is 11.5 Å². The average molecular weight is 516 g/mol. The van der Waals surface area contributed by atoms with Crippen molar-refractivity contribution in [3.05, 3.63) is 78.4 Å². The number of rotatable bonds is 10. The summed E-state index contributed by atoms with van der Waals surface area (Å²) in [7, 11) is 3.14. The summed E-state index contributed by atoms with van der Waals surface area (Å²) in [5.41, 5.74) is 2.08. The molecule has 0 spiro atoms. The molecule has 0 saturated heterocycles. The summed E-state index contributed by atoms with van der Waals surface area (Å²) in [5.74, 6) is 0.582. The van der Waals surface area contributed by atoms with Gasteiger partial charge in [-0.3, -0.25) is 14.5 Å². The third kappa shape index (κ3) is 5.77. The first-order chi connectivity index (χ1) is 18.3. The molecule has 1 heterocycles. The van der Waals surface area contributed by atoms with Gasteiger partial charge in [-0.2, -0.15) is 0 Å². The molecule has 0 saturated carbocycles. The summed E-state index contributed by atoms with van der Waals surface area (Å²) in [4.78, 5) is 29.6. The second-order valence-corrected chi connectivity index (χ2v) is 9.60. The van der Waals surface area contributed by atoms with E-state index in [1.165, 1.54) is 4.90 Å². The van der Waals surface area contributed by atoms with E-state index in [0.29, 0.717) is 34.7 Å². The van der Waals surface area contributed by atoms with E-state index in [1.807, 2.05) is 51.1 Å². The SMILES string of the molecule is CCC(C)(C)NC(=O)C(c1cccc(OC)c1)N(C(=O)Cn1nnc2ccccc21)c1ccc(OC)cc1. The molecule has 0 aliphatic carbocycles. The summed E-state index contributed by atoms with van der Waals surface area (Å²) in [6.45, 7) is 5.80. The minimum Gasteiger partial charge on any atom is -0.497 e. The molecule has 1 atom stereocenters. The van der Waals surface area contributed by atoms with Crippen LogP contribution in [0.15, 0.2) is 72.8 Å². The summed E-state index contributed by atoms with van der Waals surface area (Å²) in [6.07, 6.45) is 0.713. The number of amides is 2. The summed E-state index contributed by atoms with van der Waals surface area (Å²) in [6, 6.07) is 20.7. The molecule has 4 rings (SSSR count). The second kappa shape index (κ2) is 11.3. The molecule has 9 nitrogen and oxygen atoms in total. The van der Waals surface area contributed by atoms with Gasteiger partial charge in [0.25, 0.3) is 0 Å². The molecule has 1 aromatic heterocycles. The molecule has 38 heavy (non-hydrogen) atoms. The molecular formula is C29H33N5O4. The highest BCUT2D eigenvalue weighted by Crippen LogP contribution is 2.32.